The molecule has 2 heteroatoms. The van der Waals surface area contributed by atoms with E-state index in [1.807, 2.05) is 22.7 Å². The number of hydrogen-bond donors (Lipinski definition) is 0. The van der Waals surface area contributed by atoms with Crippen molar-refractivity contribution in [1.82, 2.24) is 0 Å². The van der Waals surface area contributed by atoms with Crippen LogP contribution in [0.2, 0.25) is 0 Å². The van der Waals surface area contributed by atoms with Crippen molar-refractivity contribution in [2.45, 2.75) is 12.8 Å². The largest absolute Gasteiger partial charge is 0.134 e. The molecule has 0 spiro atoms. The molecule has 1 aliphatic carbocycles. The summed E-state index contributed by atoms with van der Waals surface area (Å²) >= 11 is 3.94. The lowest BCUT2D eigenvalue weighted by Crippen LogP contribution is -2.02. The van der Waals surface area contributed by atoms with Gasteiger partial charge in [0.1, 0.15) is 0 Å². The van der Waals surface area contributed by atoms with Crippen LogP contribution in [-0.2, 0) is 6.42 Å². The second-order valence-electron chi connectivity index (χ2n) is 19.6. The van der Waals surface area contributed by atoms with E-state index in [1.165, 1.54) is 161 Å². The van der Waals surface area contributed by atoms with Crippen molar-refractivity contribution < 1.29 is 0 Å². The van der Waals surface area contributed by atoms with Gasteiger partial charge in [-0.1, -0.05) is 218 Å². The second-order valence-corrected chi connectivity index (χ2v) is 21.7. The van der Waals surface area contributed by atoms with Crippen LogP contribution in [-0.4, -0.2) is 0 Å². The number of fused-ring (bicyclic) bond motifs is 16. The van der Waals surface area contributed by atoms with Gasteiger partial charge < -0.3 is 0 Å². The van der Waals surface area contributed by atoms with Crippen molar-refractivity contribution >= 4 is 134 Å². The first-order valence-corrected chi connectivity index (χ1v) is 26.8. The van der Waals surface area contributed by atoms with Gasteiger partial charge in [0.15, 0.2) is 0 Å². The molecule has 2 aromatic heterocycles. The van der Waals surface area contributed by atoms with Crippen molar-refractivity contribution in [2.24, 2.45) is 0 Å². The highest BCUT2D eigenvalue weighted by molar-refractivity contribution is 7.34. The highest BCUT2D eigenvalue weighted by atomic mass is 32.1. The molecule has 13 aromatic carbocycles. The molecule has 15 aromatic rings. The van der Waals surface area contributed by atoms with E-state index in [9.17, 15) is 0 Å². The maximum absolute atomic E-state index is 2.52. The van der Waals surface area contributed by atoms with Crippen LogP contribution in [0.4, 0.5) is 0 Å². The third-order valence-corrected chi connectivity index (χ3v) is 18.4. The van der Waals surface area contributed by atoms with E-state index in [0.717, 1.165) is 12.8 Å². The number of allylic oxidation sites excluding steroid dienone is 1. The van der Waals surface area contributed by atoms with Crippen LogP contribution < -0.4 is 0 Å². The van der Waals surface area contributed by atoms with Crippen LogP contribution in [0.15, 0.2) is 224 Å². The van der Waals surface area contributed by atoms with Gasteiger partial charge in [-0.15, -0.1) is 22.7 Å². The minimum atomic E-state index is 1.02. The van der Waals surface area contributed by atoms with Crippen LogP contribution in [0.1, 0.15) is 17.5 Å². The van der Waals surface area contributed by atoms with Gasteiger partial charge in [0.25, 0.3) is 0 Å². The molecule has 0 aliphatic heterocycles. The summed E-state index contributed by atoms with van der Waals surface area (Å²) in [6.07, 6.45) is 6.84. The van der Waals surface area contributed by atoms with Crippen LogP contribution in [0.25, 0.3) is 156 Å². The standard InChI is InChI=1S/C70H42S2/c1-3-21-45-41(17-1)19-15-33-47(45)65-53-27-9-5-23-49(53)63(50-24-6-10-28-54(50)65)43-35-37-59-61(39-43)71-69-67(59)57-31-13-14-32-58(57)68-60-38-36-44(40-62(60)72-70(68)69)64-51-25-7-11-29-55(51)66(56-30-12-8-26-52(56)64)48-34-16-20-42-18-2-4-22-46(42)48/h1-7,9-25,27-40H,8,26H2. The lowest BCUT2D eigenvalue weighted by molar-refractivity contribution is 0.991. The van der Waals surface area contributed by atoms with Gasteiger partial charge in [-0.25, -0.2) is 0 Å². The highest BCUT2D eigenvalue weighted by Crippen LogP contribution is 2.53. The zero-order valence-electron chi connectivity index (χ0n) is 39.2. The molecule has 0 saturated heterocycles. The van der Waals surface area contributed by atoms with Gasteiger partial charge in [-0.2, -0.15) is 0 Å². The summed E-state index contributed by atoms with van der Waals surface area (Å²) in [5.74, 6) is 0. The molecule has 16 rings (SSSR count). The Morgan fingerprint density at radius 1 is 0.306 bits per heavy atom. The molecule has 0 unspecified atom stereocenters. The monoisotopic (exact) mass is 946 g/mol. The molecule has 0 atom stereocenters. The molecule has 0 N–H and O–H groups in total. The first kappa shape index (κ1) is 40.3. The Labute approximate surface area is 424 Å². The maximum Gasteiger partial charge on any atom is 0.0540 e. The number of hydrogen-bond acceptors (Lipinski definition) is 2. The molecular weight excluding hydrogens is 905 g/mol. The Balaban J connectivity index is 0.913. The van der Waals surface area contributed by atoms with Crippen LogP contribution in [0, 0.1) is 0 Å². The topological polar surface area (TPSA) is 0 Å². The van der Waals surface area contributed by atoms with E-state index in [4.69, 9.17) is 0 Å². The summed E-state index contributed by atoms with van der Waals surface area (Å²) in [5.41, 5.74) is 13.3. The first-order chi connectivity index (χ1) is 35.7. The molecule has 0 saturated carbocycles. The second kappa shape index (κ2) is 15.5. The molecular formula is C70H42S2. The van der Waals surface area contributed by atoms with Gasteiger partial charge in [0.2, 0.25) is 0 Å². The summed E-state index contributed by atoms with van der Waals surface area (Å²) in [6.45, 7) is 0. The molecule has 0 bridgehead atoms. The third-order valence-electron chi connectivity index (χ3n) is 15.9. The summed E-state index contributed by atoms with van der Waals surface area (Å²) in [6, 6.07) is 82.2. The van der Waals surface area contributed by atoms with Gasteiger partial charge >= 0.3 is 0 Å². The fourth-order valence-electron chi connectivity index (χ4n) is 12.9. The van der Waals surface area contributed by atoms with Crippen molar-refractivity contribution in [2.75, 3.05) is 0 Å². The number of rotatable bonds is 4. The van der Waals surface area contributed by atoms with Crippen LogP contribution in [0.5, 0.6) is 0 Å². The van der Waals surface area contributed by atoms with E-state index in [2.05, 4.69) is 231 Å². The normalized spacial score (nSPS) is 12.8. The predicted molar refractivity (Wildman–Crippen MR) is 316 cm³/mol. The molecule has 0 amide bonds. The highest BCUT2D eigenvalue weighted by Gasteiger charge is 2.25. The van der Waals surface area contributed by atoms with Gasteiger partial charge in [0.05, 0.1) is 9.40 Å². The van der Waals surface area contributed by atoms with Crippen molar-refractivity contribution in [3.05, 3.63) is 236 Å². The number of thiophene rings is 2. The van der Waals surface area contributed by atoms with Crippen molar-refractivity contribution in [1.29, 1.82) is 0 Å². The van der Waals surface area contributed by atoms with E-state index in [1.54, 1.807) is 0 Å². The average Bonchev–Trinajstić information content (AvgIpc) is 4.03. The molecule has 334 valence electrons. The fourth-order valence-corrected chi connectivity index (χ4v) is 15.6. The quantitative estimate of drug-likeness (QED) is 0.154. The molecule has 72 heavy (non-hydrogen) atoms. The van der Waals surface area contributed by atoms with Crippen molar-refractivity contribution in [3.63, 3.8) is 0 Å². The average molecular weight is 947 g/mol. The van der Waals surface area contributed by atoms with Gasteiger partial charge in [-0.3, -0.25) is 0 Å². The van der Waals surface area contributed by atoms with Crippen LogP contribution >= 0.6 is 22.7 Å². The van der Waals surface area contributed by atoms with Crippen LogP contribution in [0.3, 0.4) is 0 Å². The summed E-state index contributed by atoms with van der Waals surface area (Å²) in [5, 5.41) is 20.9. The summed E-state index contributed by atoms with van der Waals surface area (Å²) in [7, 11) is 0. The zero-order valence-corrected chi connectivity index (χ0v) is 40.8. The Morgan fingerprint density at radius 3 is 1.24 bits per heavy atom. The first-order valence-electron chi connectivity index (χ1n) is 25.1. The fraction of sp³-hybridized carbons (Fsp3) is 0.0286. The third kappa shape index (κ3) is 5.74. The Bertz CT molecular complexity index is 4800. The predicted octanol–water partition coefficient (Wildman–Crippen LogP) is 21.0. The molecule has 2 heterocycles. The van der Waals surface area contributed by atoms with E-state index in [0.29, 0.717) is 0 Å². The van der Waals surface area contributed by atoms with E-state index in [-0.39, 0.29) is 0 Å². The minimum absolute atomic E-state index is 1.02. The Hall–Kier alpha value is -8.40. The number of benzene rings is 13. The lowest BCUT2D eigenvalue weighted by Gasteiger charge is -2.24. The van der Waals surface area contributed by atoms with Gasteiger partial charge in [0, 0.05) is 30.9 Å². The van der Waals surface area contributed by atoms with E-state index >= 15 is 0 Å². The Kier molecular flexibility index (Phi) is 8.71. The minimum Gasteiger partial charge on any atom is -0.134 e. The molecule has 0 nitrogen and oxygen atoms in total. The smallest absolute Gasteiger partial charge is 0.0540 e. The zero-order chi connectivity index (χ0) is 47.0. The lowest BCUT2D eigenvalue weighted by atomic mass is 9.79. The maximum atomic E-state index is 2.52. The molecule has 0 radical (unpaired) electrons. The van der Waals surface area contributed by atoms with Crippen molar-refractivity contribution in [3.8, 4) is 44.5 Å². The summed E-state index contributed by atoms with van der Waals surface area (Å²) in [4.78, 5) is 0. The summed E-state index contributed by atoms with van der Waals surface area (Å²) < 4.78 is 5.42. The molecule has 1 aliphatic rings. The SMILES string of the molecule is C1=Cc2c(c(-c3ccc4c(c3)sc3c5sc6cc(-c7c8ccccc8c(-c8cccc9ccccc89)c8ccccc78)ccc6c5c5ccccc5c43)c3ccccc3c2-c2cccc3ccccc23)CC1. The Morgan fingerprint density at radius 2 is 0.708 bits per heavy atom. The van der Waals surface area contributed by atoms with Gasteiger partial charge in [-0.05, 0) is 145 Å². The van der Waals surface area contributed by atoms with E-state index < -0.39 is 0 Å². The molecule has 0 fully saturated rings.